The molecule has 3 aliphatic heterocycles. The van der Waals surface area contributed by atoms with Crippen LogP contribution >= 0.6 is 0 Å². The van der Waals surface area contributed by atoms with Crippen LogP contribution in [0.5, 0.6) is 0 Å². The first-order chi connectivity index (χ1) is 18.3. The maximum Gasteiger partial charge on any atom is 0.409 e. The van der Waals surface area contributed by atoms with Crippen molar-refractivity contribution in [3.63, 3.8) is 0 Å². The summed E-state index contributed by atoms with van der Waals surface area (Å²) in [5, 5.41) is 0. The number of esters is 1. The third-order valence-corrected chi connectivity index (χ3v) is 8.31. The number of carbonyl (C=O) groups is 3. The molecule has 0 N–H and O–H groups in total. The number of pyridine rings is 1. The highest BCUT2D eigenvalue weighted by Gasteiger charge is 2.57. The Labute approximate surface area is 222 Å². The molecule has 0 unspecified atom stereocenters. The number of hydrogen-bond acceptors (Lipinski definition) is 7. The number of piperazine rings is 1. The number of benzene rings is 1. The van der Waals surface area contributed by atoms with E-state index in [-0.39, 0.29) is 18.0 Å². The normalized spacial score (nSPS) is 23.6. The Hall–Kier alpha value is -3.62. The third-order valence-electron chi connectivity index (χ3n) is 8.31. The molecule has 1 saturated carbocycles. The monoisotopic (exact) mass is 518 g/mol. The van der Waals surface area contributed by atoms with Crippen molar-refractivity contribution in [3.05, 3.63) is 59.3 Å². The number of hydrogen-bond donors (Lipinski definition) is 0. The third kappa shape index (κ3) is 4.18. The Bertz CT molecular complexity index is 1250. The molecule has 3 fully saturated rings. The van der Waals surface area contributed by atoms with Gasteiger partial charge in [0.15, 0.2) is 5.60 Å². The van der Waals surface area contributed by atoms with Gasteiger partial charge >= 0.3 is 12.1 Å². The summed E-state index contributed by atoms with van der Waals surface area (Å²) in [7, 11) is 0. The SMILES string of the molecule is CC(C)COC(=O)N1CCN(c2ccc(C3(C(=O)N4CC[C@@]5(C4)OC(=O)c4ccccc45)CC3)cn2)CC1. The smallest absolute Gasteiger partial charge is 0.409 e. The van der Waals surface area contributed by atoms with Gasteiger partial charge in [0, 0.05) is 50.9 Å². The lowest BCUT2D eigenvalue weighted by Crippen LogP contribution is -2.49. The van der Waals surface area contributed by atoms with E-state index in [4.69, 9.17) is 14.5 Å². The number of ether oxygens (including phenoxy) is 2. The minimum atomic E-state index is -0.731. The van der Waals surface area contributed by atoms with E-state index < -0.39 is 11.0 Å². The molecule has 1 atom stereocenters. The molecule has 2 amide bonds. The highest BCUT2D eigenvalue weighted by molar-refractivity contribution is 5.96. The molecule has 6 rings (SSSR count). The van der Waals surface area contributed by atoms with Gasteiger partial charge in [0.2, 0.25) is 5.91 Å². The fourth-order valence-corrected chi connectivity index (χ4v) is 5.96. The number of carbonyl (C=O) groups excluding carboxylic acids is 3. The van der Waals surface area contributed by atoms with E-state index in [0.717, 1.165) is 29.8 Å². The predicted molar refractivity (Wildman–Crippen MR) is 140 cm³/mol. The van der Waals surface area contributed by atoms with Crippen LogP contribution in [-0.2, 0) is 25.3 Å². The van der Waals surface area contributed by atoms with Crippen molar-refractivity contribution in [1.82, 2.24) is 14.8 Å². The quantitative estimate of drug-likeness (QED) is 0.561. The molecule has 2 aromatic rings. The van der Waals surface area contributed by atoms with Crippen LogP contribution in [0.25, 0.3) is 0 Å². The summed E-state index contributed by atoms with van der Waals surface area (Å²) in [6.07, 6.45) is 3.79. The minimum absolute atomic E-state index is 0.0953. The van der Waals surface area contributed by atoms with Crippen molar-refractivity contribution in [1.29, 1.82) is 0 Å². The zero-order valence-corrected chi connectivity index (χ0v) is 22.0. The van der Waals surface area contributed by atoms with Gasteiger partial charge in [0.25, 0.3) is 0 Å². The van der Waals surface area contributed by atoms with E-state index in [1.807, 2.05) is 55.3 Å². The Kier molecular flexibility index (Phi) is 6.04. The average molecular weight is 519 g/mol. The molecule has 1 aromatic heterocycles. The second-order valence-electron chi connectivity index (χ2n) is 11.3. The highest BCUT2D eigenvalue weighted by atomic mass is 16.6. The topological polar surface area (TPSA) is 92.3 Å². The van der Waals surface area contributed by atoms with Crippen molar-refractivity contribution >= 4 is 23.8 Å². The van der Waals surface area contributed by atoms with Crippen LogP contribution in [0.2, 0.25) is 0 Å². The Morgan fingerprint density at radius 1 is 1.00 bits per heavy atom. The average Bonchev–Trinajstić information content (AvgIpc) is 3.57. The van der Waals surface area contributed by atoms with Gasteiger partial charge in [-0.1, -0.05) is 38.1 Å². The molecule has 1 spiro atoms. The molecule has 200 valence electrons. The summed E-state index contributed by atoms with van der Waals surface area (Å²) in [5.41, 5.74) is 1.16. The van der Waals surface area contributed by atoms with E-state index >= 15 is 0 Å². The fourth-order valence-electron chi connectivity index (χ4n) is 5.96. The summed E-state index contributed by atoms with van der Waals surface area (Å²) < 4.78 is 11.2. The van der Waals surface area contributed by atoms with E-state index in [9.17, 15) is 14.4 Å². The number of nitrogens with zero attached hydrogens (tertiary/aromatic N) is 4. The largest absolute Gasteiger partial charge is 0.449 e. The number of aromatic nitrogens is 1. The van der Waals surface area contributed by atoms with Gasteiger partial charge in [-0.3, -0.25) is 4.79 Å². The van der Waals surface area contributed by atoms with Gasteiger partial charge in [0.05, 0.1) is 24.1 Å². The number of amides is 2. The zero-order chi connectivity index (χ0) is 26.5. The van der Waals surface area contributed by atoms with Crippen molar-refractivity contribution in [2.45, 2.75) is 44.1 Å². The lowest BCUT2D eigenvalue weighted by Gasteiger charge is -2.35. The first kappa shape index (κ1) is 24.7. The maximum atomic E-state index is 13.7. The molecule has 9 heteroatoms. The molecule has 4 aliphatic rings. The first-order valence-corrected chi connectivity index (χ1v) is 13.6. The summed E-state index contributed by atoms with van der Waals surface area (Å²) in [6.45, 7) is 7.98. The lowest BCUT2D eigenvalue weighted by molar-refractivity contribution is -0.134. The predicted octanol–water partition coefficient (Wildman–Crippen LogP) is 3.33. The molecule has 1 aromatic carbocycles. The zero-order valence-electron chi connectivity index (χ0n) is 22.0. The van der Waals surface area contributed by atoms with E-state index in [0.29, 0.717) is 63.8 Å². The van der Waals surface area contributed by atoms with Crippen LogP contribution < -0.4 is 4.90 Å². The molecule has 38 heavy (non-hydrogen) atoms. The number of likely N-dealkylation sites (tertiary alicyclic amines) is 1. The molecular weight excluding hydrogens is 484 g/mol. The van der Waals surface area contributed by atoms with Crippen LogP contribution in [0.4, 0.5) is 10.6 Å². The van der Waals surface area contributed by atoms with Crippen LogP contribution in [0.1, 0.15) is 54.6 Å². The van der Waals surface area contributed by atoms with Crippen LogP contribution in [0.15, 0.2) is 42.6 Å². The van der Waals surface area contributed by atoms with Crippen molar-refractivity contribution < 1.29 is 23.9 Å². The van der Waals surface area contributed by atoms with E-state index in [1.54, 1.807) is 11.0 Å². The maximum absolute atomic E-state index is 13.7. The minimum Gasteiger partial charge on any atom is -0.449 e. The Morgan fingerprint density at radius 3 is 2.45 bits per heavy atom. The molecule has 4 heterocycles. The van der Waals surface area contributed by atoms with Gasteiger partial charge < -0.3 is 24.2 Å². The van der Waals surface area contributed by atoms with Crippen molar-refractivity contribution in [3.8, 4) is 0 Å². The number of fused-ring (bicyclic) bond motifs is 2. The highest BCUT2D eigenvalue weighted by Crippen LogP contribution is 2.52. The molecule has 0 bridgehead atoms. The Morgan fingerprint density at radius 2 is 1.76 bits per heavy atom. The van der Waals surface area contributed by atoms with Gasteiger partial charge in [-0.2, -0.15) is 0 Å². The van der Waals surface area contributed by atoms with Crippen LogP contribution in [0, 0.1) is 5.92 Å². The fraction of sp³-hybridized carbons (Fsp3) is 0.517. The molecule has 1 aliphatic carbocycles. The molecule has 9 nitrogen and oxygen atoms in total. The first-order valence-electron chi connectivity index (χ1n) is 13.6. The molecule has 2 saturated heterocycles. The van der Waals surface area contributed by atoms with Crippen LogP contribution in [-0.4, -0.2) is 78.6 Å². The van der Waals surface area contributed by atoms with Crippen LogP contribution in [0.3, 0.4) is 0 Å². The lowest BCUT2D eigenvalue weighted by atomic mass is 9.91. The van der Waals surface area contributed by atoms with Gasteiger partial charge in [-0.25, -0.2) is 14.6 Å². The summed E-state index contributed by atoms with van der Waals surface area (Å²) >= 11 is 0. The van der Waals surface area contributed by atoms with Gasteiger partial charge in [-0.05, 0) is 36.5 Å². The van der Waals surface area contributed by atoms with Gasteiger partial charge in [-0.15, -0.1) is 0 Å². The van der Waals surface area contributed by atoms with E-state index in [1.165, 1.54) is 0 Å². The van der Waals surface area contributed by atoms with Crippen molar-refractivity contribution in [2.75, 3.05) is 50.8 Å². The van der Waals surface area contributed by atoms with Gasteiger partial charge in [0.1, 0.15) is 5.82 Å². The summed E-state index contributed by atoms with van der Waals surface area (Å²) in [5.74, 6) is 0.955. The second kappa shape index (κ2) is 9.29. The molecule has 0 radical (unpaired) electrons. The second-order valence-corrected chi connectivity index (χ2v) is 11.3. The van der Waals surface area contributed by atoms with Crippen molar-refractivity contribution in [2.24, 2.45) is 5.92 Å². The summed E-state index contributed by atoms with van der Waals surface area (Å²) in [4.78, 5) is 48.9. The van der Waals surface area contributed by atoms with E-state index in [2.05, 4.69) is 4.90 Å². The summed E-state index contributed by atoms with van der Waals surface area (Å²) in [6, 6.07) is 11.5. The number of anilines is 1. The molecular formula is C29H34N4O5. The Balaban J connectivity index is 1.09. The standard InChI is InChI=1S/C29H34N4O5/c1-20(2)18-37-27(36)32-15-13-31(14-16-32)24-8-7-21(17-30-24)28(9-10-28)26(35)33-12-11-29(19-33)23-6-4-3-5-22(23)25(34)38-29/h3-8,17,20H,9-16,18-19H2,1-2H3/t29-/m0/s1. The number of rotatable bonds is 5.